The minimum Gasteiger partial charge on any atom is -0.456 e. The summed E-state index contributed by atoms with van der Waals surface area (Å²) in [4.78, 5) is 15.6. The highest BCUT2D eigenvalue weighted by Gasteiger charge is 2.14. The molecule has 0 saturated heterocycles. The third-order valence-corrected chi connectivity index (χ3v) is 7.68. The molecular formula is C32H30Cl2N14O3. The first-order chi connectivity index (χ1) is 23.8. The molecule has 19 heteroatoms. The number of hydrogen-bond acceptors (Lipinski definition) is 11. The van der Waals surface area contributed by atoms with E-state index in [9.17, 15) is 0 Å². The minimum atomic E-state index is -0.00600. The molecule has 6 heterocycles. The lowest BCUT2D eigenvalue weighted by Crippen LogP contribution is -2.10. The van der Waals surface area contributed by atoms with Crippen LogP contribution in [0.1, 0.15) is 34.0 Å². The van der Waals surface area contributed by atoms with Gasteiger partial charge in [0.2, 0.25) is 0 Å². The summed E-state index contributed by atoms with van der Waals surface area (Å²) in [6.45, 7) is 1.23. The molecule has 6 aromatic heterocycles. The zero-order chi connectivity index (χ0) is 33.5. The van der Waals surface area contributed by atoms with Gasteiger partial charge in [0, 0.05) is 11.1 Å². The van der Waals surface area contributed by atoms with Crippen molar-refractivity contribution in [2.24, 2.45) is 11.5 Å². The minimum absolute atomic E-state index is 0. The van der Waals surface area contributed by atoms with E-state index >= 15 is 0 Å². The molecule has 8 rings (SSSR count). The van der Waals surface area contributed by atoms with Gasteiger partial charge in [-0.1, -0.05) is 10.4 Å². The molecular weight excluding hydrogens is 699 g/mol. The van der Waals surface area contributed by atoms with Crippen LogP contribution in [-0.4, -0.2) is 61.6 Å². The number of imidazole rings is 2. The number of ether oxygens (including phenoxy) is 1. The lowest BCUT2D eigenvalue weighted by Gasteiger charge is -1.98. The average Bonchev–Trinajstić information content (AvgIpc) is 3.93. The number of halogens is 2. The van der Waals surface area contributed by atoms with E-state index in [1.165, 1.54) is 0 Å². The van der Waals surface area contributed by atoms with Crippen LogP contribution >= 0.6 is 24.8 Å². The van der Waals surface area contributed by atoms with Crippen LogP contribution < -0.4 is 11.5 Å². The summed E-state index contributed by atoms with van der Waals surface area (Å²) in [6, 6.07) is 18.1. The number of nitrogens with one attached hydrogen (secondary N) is 4. The standard InChI is InChI=1S/C32H28N14O3.2ClH/c33-29(34)17-1-5-23-25(9-17)39-31(37-23)27-7-3-21(48-27)13-45-11-19(41-43-45)15-47-16-20-12-46(44-42-20)14-22-4-8-28(49-22)32-38-24-6-2-18(30(35)36)10-26(24)40-32;;/h1-12H,13-16H2,(H3,33,34)(H3,35,36)(H,37,39)(H,38,40);2*1H. The Labute approximate surface area is 300 Å². The number of aromatic amines is 2. The van der Waals surface area contributed by atoms with Crippen molar-refractivity contribution < 1.29 is 13.6 Å². The maximum absolute atomic E-state index is 7.64. The van der Waals surface area contributed by atoms with E-state index in [0.717, 1.165) is 22.1 Å². The van der Waals surface area contributed by atoms with Gasteiger partial charge in [0.15, 0.2) is 23.2 Å². The molecule has 0 atom stereocenters. The number of fused-ring (bicyclic) bond motifs is 2. The molecule has 0 bridgehead atoms. The summed E-state index contributed by atoms with van der Waals surface area (Å²) in [5, 5.41) is 32.0. The van der Waals surface area contributed by atoms with Crippen molar-refractivity contribution >= 4 is 58.6 Å². The summed E-state index contributed by atoms with van der Waals surface area (Å²) in [6.07, 6.45) is 3.59. The molecule has 0 fully saturated rings. The fraction of sp³-hybridized carbons (Fsp3) is 0.125. The summed E-state index contributed by atoms with van der Waals surface area (Å²) < 4.78 is 21.2. The van der Waals surface area contributed by atoms with E-state index in [2.05, 4.69) is 40.6 Å². The maximum Gasteiger partial charge on any atom is 0.174 e. The lowest BCUT2D eigenvalue weighted by molar-refractivity contribution is 0.102. The molecule has 0 saturated carbocycles. The number of nitrogens with zero attached hydrogens (tertiary/aromatic N) is 8. The van der Waals surface area contributed by atoms with Crippen LogP contribution in [0.15, 0.2) is 81.9 Å². The molecule has 51 heavy (non-hydrogen) atoms. The van der Waals surface area contributed by atoms with Gasteiger partial charge >= 0.3 is 0 Å². The van der Waals surface area contributed by atoms with Gasteiger partial charge in [-0.25, -0.2) is 19.3 Å². The Balaban J connectivity index is 0.00000224. The second-order valence-corrected chi connectivity index (χ2v) is 11.3. The second-order valence-electron chi connectivity index (χ2n) is 11.3. The van der Waals surface area contributed by atoms with Crippen molar-refractivity contribution in [3.8, 4) is 23.2 Å². The number of benzene rings is 2. The first-order valence-electron chi connectivity index (χ1n) is 15.1. The van der Waals surface area contributed by atoms with Crippen LogP contribution in [-0.2, 0) is 31.0 Å². The Morgan fingerprint density at radius 3 is 1.55 bits per heavy atom. The fourth-order valence-electron chi connectivity index (χ4n) is 5.31. The number of nitrogens with two attached hydrogens (primary N) is 2. The van der Waals surface area contributed by atoms with Gasteiger partial charge in [-0.2, -0.15) is 0 Å². The first-order valence-corrected chi connectivity index (χ1v) is 15.1. The molecule has 0 unspecified atom stereocenters. The molecule has 0 aliphatic heterocycles. The molecule has 17 nitrogen and oxygen atoms in total. The molecule has 0 spiro atoms. The smallest absolute Gasteiger partial charge is 0.174 e. The van der Waals surface area contributed by atoms with Gasteiger partial charge < -0.3 is 35.0 Å². The number of aromatic nitrogens is 10. The highest BCUT2D eigenvalue weighted by molar-refractivity contribution is 5.99. The van der Waals surface area contributed by atoms with E-state index in [0.29, 0.717) is 70.3 Å². The van der Waals surface area contributed by atoms with Gasteiger partial charge in [0.25, 0.3) is 0 Å². The van der Waals surface area contributed by atoms with Crippen LogP contribution in [0.3, 0.4) is 0 Å². The zero-order valence-corrected chi connectivity index (χ0v) is 28.2. The normalized spacial score (nSPS) is 11.1. The van der Waals surface area contributed by atoms with E-state index < -0.39 is 0 Å². The Morgan fingerprint density at radius 2 is 1.12 bits per heavy atom. The van der Waals surface area contributed by atoms with Crippen molar-refractivity contribution in [2.75, 3.05) is 0 Å². The quantitative estimate of drug-likeness (QED) is 0.0760. The van der Waals surface area contributed by atoms with E-state index in [1.54, 1.807) is 46.0 Å². The van der Waals surface area contributed by atoms with Crippen LogP contribution in [0.5, 0.6) is 0 Å². The third kappa shape index (κ3) is 7.35. The number of hydrogen-bond donors (Lipinski definition) is 6. The Hall–Kier alpha value is -6.30. The molecule has 8 N–H and O–H groups in total. The molecule has 260 valence electrons. The predicted molar refractivity (Wildman–Crippen MR) is 191 cm³/mol. The van der Waals surface area contributed by atoms with Crippen molar-refractivity contribution in [3.63, 3.8) is 0 Å². The summed E-state index contributed by atoms with van der Waals surface area (Å²) in [5.74, 6) is 3.66. The van der Waals surface area contributed by atoms with Crippen LogP contribution in [0.4, 0.5) is 0 Å². The summed E-state index contributed by atoms with van der Waals surface area (Å²) in [5.41, 5.74) is 16.8. The SMILES string of the molecule is Cl.Cl.N=C(N)c1ccc2nc(-c3ccc(Cn4cc(COCc5cn(Cc6ccc(-c7nc8ccc(C(=N)N)cc8[nH]7)o6)nn5)nn4)o3)[nH]c2c1. The van der Waals surface area contributed by atoms with Crippen LogP contribution in [0, 0.1) is 10.8 Å². The van der Waals surface area contributed by atoms with Gasteiger partial charge in [-0.05, 0) is 60.7 Å². The van der Waals surface area contributed by atoms with Gasteiger partial charge in [-0.15, -0.1) is 35.0 Å². The number of H-pyrrole nitrogens is 2. The van der Waals surface area contributed by atoms with E-state index in [4.69, 9.17) is 35.9 Å². The Kier molecular flexibility index (Phi) is 9.68. The number of rotatable bonds is 12. The molecule has 0 aliphatic rings. The average molecular weight is 730 g/mol. The third-order valence-electron chi connectivity index (χ3n) is 7.68. The topological polar surface area (TPSA) is 254 Å². The highest BCUT2D eigenvalue weighted by Crippen LogP contribution is 2.25. The molecule has 2 aromatic carbocycles. The van der Waals surface area contributed by atoms with Gasteiger partial charge in [0.1, 0.15) is 47.7 Å². The molecule has 0 radical (unpaired) electrons. The maximum atomic E-state index is 7.64. The molecule has 8 aromatic rings. The van der Waals surface area contributed by atoms with Crippen LogP contribution in [0.25, 0.3) is 45.2 Å². The largest absolute Gasteiger partial charge is 0.456 e. The zero-order valence-electron chi connectivity index (χ0n) is 26.5. The number of nitrogen functional groups attached to an aromatic ring is 2. The fourth-order valence-corrected chi connectivity index (χ4v) is 5.31. The summed E-state index contributed by atoms with van der Waals surface area (Å²) >= 11 is 0. The number of furan rings is 2. The first kappa shape index (κ1) is 34.6. The van der Waals surface area contributed by atoms with E-state index in [-0.39, 0.29) is 49.7 Å². The molecule has 0 amide bonds. The summed E-state index contributed by atoms with van der Waals surface area (Å²) in [7, 11) is 0. The highest BCUT2D eigenvalue weighted by atomic mass is 35.5. The van der Waals surface area contributed by atoms with Crippen molar-refractivity contribution in [1.29, 1.82) is 10.8 Å². The van der Waals surface area contributed by atoms with Crippen molar-refractivity contribution in [1.82, 2.24) is 49.9 Å². The monoisotopic (exact) mass is 728 g/mol. The molecule has 0 aliphatic carbocycles. The van der Waals surface area contributed by atoms with Crippen LogP contribution in [0.2, 0.25) is 0 Å². The van der Waals surface area contributed by atoms with Crippen molar-refractivity contribution in [3.05, 3.63) is 107 Å². The Bertz CT molecular complexity index is 2320. The van der Waals surface area contributed by atoms with Crippen molar-refractivity contribution in [2.45, 2.75) is 26.3 Å². The predicted octanol–water partition coefficient (Wildman–Crippen LogP) is 4.37. The Morgan fingerprint density at radius 1 is 0.667 bits per heavy atom. The lowest BCUT2D eigenvalue weighted by atomic mass is 10.2. The van der Waals surface area contributed by atoms with Gasteiger partial charge in [-0.3, -0.25) is 10.8 Å². The van der Waals surface area contributed by atoms with Gasteiger partial charge in [0.05, 0.1) is 47.7 Å². The van der Waals surface area contributed by atoms with E-state index in [1.807, 2.05) is 36.4 Å². The number of amidine groups is 2. The second kappa shape index (κ2) is 14.3.